The van der Waals surface area contributed by atoms with E-state index in [9.17, 15) is 5.11 Å². The van der Waals surface area contributed by atoms with Gasteiger partial charge in [-0.2, -0.15) is 0 Å². The van der Waals surface area contributed by atoms with Crippen LogP contribution in [0.1, 0.15) is 82.7 Å². The summed E-state index contributed by atoms with van der Waals surface area (Å²) in [6, 6.07) is 36.5. The molecule has 0 heterocycles. The first kappa shape index (κ1) is 51.6. The van der Waals surface area contributed by atoms with Crippen molar-refractivity contribution in [2.24, 2.45) is 0 Å². The van der Waals surface area contributed by atoms with Crippen LogP contribution in [0, 0.1) is 0 Å². The Bertz CT molecular complexity index is 2120. The molecule has 0 saturated heterocycles. The fourth-order valence-electron chi connectivity index (χ4n) is 5.52. The van der Waals surface area contributed by atoms with Crippen LogP contribution in [0.4, 0.5) is 0 Å². The fourth-order valence-corrected chi connectivity index (χ4v) is 8.40. The van der Waals surface area contributed by atoms with Crippen molar-refractivity contribution in [3.63, 3.8) is 0 Å². The molecule has 0 amide bonds. The van der Waals surface area contributed by atoms with Crippen molar-refractivity contribution < 1.29 is 28.2 Å². The van der Waals surface area contributed by atoms with E-state index in [2.05, 4.69) is 79.9 Å². The number of benzene rings is 5. The van der Waals surface area contributed by atoms with Crippen molar-refractivity contribution in [3.05, 3.63) is 158 Å². The van der Waals surface area contributed by atoms with E-state index in [0.717, 1.165) is 46.8 Å². The molecule has 2 unspecified atom stereocenters. The van der Waals surface area contributed by atoms with Crippen molar-refractivity contribution in [2.75, 3.05) is 6.61 Å². The third-order valence-electron chi connectivity index (χ3n) is 11.5. The summed E-state index contributed by atoms with van der Waals surface area (Å²) in [5.41, 5.74) is 3.99. The molecule has 0 aliphatic carbocycles. The lowest BCUT2D eigenvalue weighted by atomic mass is 10.1. The highest BCUT2D eigenvalue weighted by Crippen LogP contribution is 2.39. The van der Waals surface area contributed by atoms with E-state index in [1.54, 1.807) is 18.2 Å². The van der Waals surface area contributed by atoms with Gasteiger partial charge in [0.15, 0.2) is 22.9 Å². The van der Waals surface area contributed by atoms with Gasteiger partial charge in [0, 0.05) is 13.0 Å². The Labute approximate surface area is 393 Å². The minimum atomic E-state index is -1.98. The Balaban J connectivity index is 0.000000278. The molecule has 0 radical (unpaired) electrons. The summed E-state index contributed by atoms with van der Waals surface area (Å²) in [5, 5.41) is 12.8. The molecule has 0 fully saturated rings. The van der Waals surface area contributed by atoms with Crippen molar-refractivity contribution >= 4 is 63.0 Å². The highest BCUT2D eigenvalue weighted by Gasteiger charge is 2.40. The van der Waals surface area contributed by atoms with Crippen LogP contribution < -0.4 is 14.2 Å². The molecule has 0 saturated carbocycles. The van der Waals surface area contributed by atoms with Gasteiger partial charge >= 0.3 is 0 Å². The number of para-hydroxylation sites is 1. The fraction of sp³-hybridized carbons (Fsp3) is 0.400. The van der Waals surface area contributed by atoms with Crippen LogP contribution >= 0.6 is 46.4 Å². The van der Waals surface area contributed by atoms with Gasteiger partial charge in [-0.1, -0.05) is 143 Å². The van der Waals surface area contributed by atoms with Gasteiger partial charge in [0.05, 0.1) is 26.2 Å². The SMILES string of the molecule is CC(C)(C)[Si](C)(C)OC(CCc1ccc(OCc2ccc(Cl)c(Cl)c2)cc1)Oc1ccccc1.CC(C)(C)[Si](C)(C)OCCC(O)c1ccc(OCc2ccc(Cl)c(Cl)c2)cc1. The van der Waals surface area contributed by atoms with Gasteiger partial charge in [0.25, 0.3) is 0 Å². The standard InChI is InChI=1S/C28H34Cl2O3Si.C22H30Cl2O3Si/c1-28(2,3)34(4,5)33-27(32-24-9-7-6-8-10-24)18-14-21-11-15-23(16-12-21)31-20-22-13-17-25(29)26(30)19-22;1-22(2,3)28(4,5)27-13-12-21(25)17-7-9-18(10-8-17)26-15-16-6-11-19(23)20(24)14-16/h6-13,15-17,19,27H,14,18,20H2,1-5H3;6-11,14,21,25H,12-13,15H2,1-5H3. The number of hydrogen-bond acceptors (Lipinski definition) is 6. The molecule has 0 aromatic heterocycles. The van der Waals surface area contributed by atoms with E-state index >= 15 is 0 Å². The van der Waals surface area contributed by atoms with Gasteiger partial charge in [-0.05, 0) is 132 Å². The van der Waals surface area contributed by atoms with Crippen LogP contribution in [0.25, 0.3) is 0 Å². The summed E-state index contributed by atoms with van der Waals surface area (Å²) < 4.78 is 30.7. The zero-order valence-corrected chi connectivity index (χ0v) is 42.9. The smallest absolute Gasteiger partial charge is 0.196 e. The van der Waals surface area contributed by atoms with E-state index in [4.69, 9.17) is 69.5 Å². The zero-order valence-electron chi connectivity index (χ0n) is 37.9. The summed E-state index contributed by atoms with van der Waals surface area (Å²) in [4.78, 5) is 0. The number of aliphatic hydroxyl groups is 1. The van der Waals surface area contributed by atoms with E-state index in [1.807, 2.05) is 84.9 Å². The van der Waals surface area contributed by atoms with Gasteiger partial charge in [0.1, 0.15) is 30.5 Å². The number of aliphatic hydroxyl groups excluding tert-OH is 1. The van der Waals surface area contributed by atoms with Crippen LogP contribution in [0.5, 0.6) is 17.2 Å². The van der Waals surface area contributed by atoms with Gasteiger partial charge < -0.3 is 28.2 Å². The van der Waals surface area contributed by atoms with Crippen LogP contribution in [0.2, 0.25) is 56.4 Å². The molecule has 5 aromatic rings. The second-order valence-corrected chi connectivity index (χ2v) is 29.7. The second-order valence-electron chi connectivity index (χ2n) is 18.5. The van der Waals surface area contributed by atoms with Crippen LogP contribution in [-0.4, -0.2) is 34.6 Å². The minimum Gasteiger partial charge on any atom is -0.489 e. The Kier molecular flexibility index (Phi) is 19.3. The average Bonchev–Trinajstić information content (AvgIpc) is 3.21. The van der Waals surface area contributed by atoms with Crippen LogP contribution in [0.3, 0.4) is 0 Å². The van der Waals surface area contributed by atoms with Crippen LogP contribution in [-0.2, 0) is 28.5 Å². The molecule has 5 aromatic carbocycles. The largest absolute Gasteiger partial charge is 0.489 e. The predicted molar refractivity (Wildman–Crippen MR) is 265 cm³/mol. The summed E-state index contributed by atoms with van der Waals surface area (Å²) in [5.74, 6) is 2.38. The Morgan fingerprint density at radius 1 is 0.532 bits per heavy atom. The predicted octanol–water partition coefficient (Wildman–Crippen LogP) is 15.9. The maximum absolute atomic E-state index is 10.4. The molecule has 5 rings (SSSR count). The second kappa shape index (κ2) is 23.2. The van der Waals surface area contributed by atoms with Crippen molar-refractivity contribution in [2.45, 2.75) is 123 Å². The first-order valence-electron chi connectivity index (χ1n) is 21.1. The number of ether oxygens (including phenoxy) is 3. The average molecular weight is 959 g/mol. The normalized spacial score (nSPS) is 13.1. The molecular formula is C50H64Cl4O6Si2. The van der Waals surface area contributed by atoms with Gasteiger partial charge in [-0.3, -0.25) is 0 Å². The first-order chi connectivity index (χ1) is 29.0. The van der Waals surface area contributed by atoms with Gasteiger partial charge in [-0.15, -0.1) is 0 Å². The monoisotopic (exact) mass is 956 g/mol. The molecule has 6 nitrogen and oxygen atoms in total. The lowest BCUT2D eigenvalue weighted by Crippen LogP contribution is -2.45. The Morgan fingerprint density at radius 2 is 1.00 bits per heavy atom. The molecule has 0 bridgehead atoms. The topological polar surface area (TPSA) is 66.4 Å². The number of hydrogen-bond donors (Lipinski definition) is 1. The van der Waals surface area contributed by atoms with Crippen molar-refractivity contribution in [1.82, 2.24) is 0 Å². The summed E-state index contributed by atoms with van der Waals surface area (Å²) >= 11 is 24.0. The molecule has 12 heteroatoms. The molecular weight excluding hydrogens is 895 g/mol. The highest BCUT2D eigenvalue weighted by atomic mass is 35.5. The van der Waals surface area contributed by atoms with Gasteiger partial charge in [0.2, 0.25) is 0 Å². The van der Waals surface area contributed by atoms with E-state index in [-0.39, 0.29) is 16.4 Å². The van der Waals surface area contributed by atoms with Crippen molar-refractivity contribution in [3.8, 4) is 17.2 Å². The molecule has 0 aliphatic rings. The molecule has 1 N–H and O–H groups in total. The van der Waals surface area contributed by atoms with E-state index in [0.29, 0.717) is 46.3 Å². The summed E-state index contributed by atoms with van der Waals surface area (Å²) in [6.45, 7) is 23.7. The number of aryl methyl sites for hydroxylation is 1. The number of halogens is 4. The third kappa shape index (κ3) is 16.5. The summed E-state index contributed by atoms with van der Waals surface area (Å²) in [7, 11) is -3.76. The Hall–Kier alpha value is -3.03. The molecule has 0 spiro atoms. The van der Waals surface area contributed by atoms with E-state index in [1.165, 1.54) is 5.56 Å². The van der Waals surface area contributed by atoms with Gasteiger partial charge in [-0.25, -0.2) is 0 Å². The maximum Gasteiger partial charge on any atom is 0.196 e. The molecule has 336 valence electrons. The molecule has 2 atom stereocenters. The summed E-state index contributed by atoms with van der Waals surface area (Å²) in [6.07, 6.45) is 1.35. The molecule has 0 aliphatic heterocycles. The molecule has 62 heavy (non-hydrogen) atoms. The highest BCUT2D eigenvalue weighted by molar-refractivity contribution is 6.74. The third-order valence-corrected chi connectivity index (χ3v) is 22.0. The lowest BCUT2D eigenvalue weighted by Gasteiger charge is -2.39. The zero-order chi connectivity index (χ0) is 45.7. The quantitative estimate of drug-likeness (QED) is 0.0697. The lowest BCUT2D eigenvalue weighted by molar-refractivity contribution is -0.0115. The van der Waals surface area contributed by atoms with Crippen LogP contribution in [0.15, 0.2) is 115 Å². The Morgan fingerprint density at radius 3 is 1.47 bits per heavy atom. The number of rotatable bonds is 18. The maximum atomic E-state index is 10.4. The van der Waals surface area contributed by atoms with E-state index < -0.39 is 22.7 Å². The minimum absolute atomic E-state index is 0.110. The first-order valence-corrected chi connectivity index (χ1v) is 28.4. The van der Waals surface area contributed by atoms with Crippen molar-refractivity contribution in [1.29, 1.82) is 0 Å².